The van der Waals surface area contributed by atoms with Crippen molar-refractivity contribution in [3.63, 3.8) is 0 Å². The molecule has 0 aliphatic heterocycles. The first-order valence-corrected chi connectivity index (χ1v) is 4.25. The molecule has 0 spiro atoms. The third-order valence-corrected chi connectivity index (χ3v) is 2.61. The molecule has 0 aromatic heterocycles. The molecule has 2 unspecified atom stereocenters. The van der Waals surface area contributed by atoms with E-state index in [9.17, 15) is 22.4 Å². The Morgan fingerprint density at radius 2 is 1.93 bits per heavy atom. The van der Waals surface area contributed by atoms with Gasteiger partial charge in [0, 0.05) is 11.3 Å². The van der Waals surface area contributed by atoms with Crippen LogP contribution in [0.1, 0.15) is 13.8 Å². The Hall–Kier alpha value is -1.07. The van der Waals surface area contributed by atoms with Gasteiger partial charge < -0.3 is 4.74 Å². The van der Waals surface area contributed by atoms with Crippen LogP contribution in [0.3, 0.4) is 0 Å². The van der Waals surface area contributed by atoms with Crippen LogP contribution in [0, 0.1) is 11.3 Å². The molecule has 86 valence electrons. The van der Waals surface area contributed by atoms with E-state index in [0.29, 0.717) is 6.08 Å². The standard InChI is InChI=1S/C9H10F4O2/c1-8(2)5(7(8)15-4-14)3-6(10)9(11,12)13/h3-5,7H,1-2H3. The molecule has 6 heteroatoms. The average molecular weight is 226 g/mol. The van der Waals surface area contributed by atoms with Crippen LogP contribution in [0.25, 0.3) is 0 Å². The minimum Gasteiger partial charge on any atom is -0.463 e. The average Bonchev–Trinajstić information content (AvgIpc) is 2.54. The van der Waals surface area contributed by atoms with Crippen LogP contribution in [-0.4, -0.2) is 18.8 Å². The van der Waals surface area contributed by atoms with E-state index in [1.807, 2.05) is 0 Å². The van der Waals surface area contributed by atoms with Gasteiger partial charge in [-0.05, 0) is 6.08 Å². The molecule has 0 radical (unpaired) electrons. The van der Waals surface area contributed by atoms with Crippen LogP contribution >= 0.6 is 0 Å². The van der Waals surface area contributed by atoms with Gasteiger partial charge in [0.25, 0.3) is 6.47 Å². The number of ether oxygens (including phenoxy) is 1. The highest BCUT2D eigenvalue weighted by atomic mass is 19.4. The molecule has 1 rings (SSSR count). The van der Waals surface area contributed by atoms with Crippen molar-refractivity contribution in [1.29, 1.82) is 0 Å². The number of rotatable bonds is 3. The fraction of sp³-hybridized carbons (Fsp3) is 0.667. The third-order valence-electron chi connectivity index (χ3n) is 2.61. The minimum atomic E-state index is -4.97. The van der Waals surface area contributed by atoms with E-state index in [1.165, 1.54) is 0 Å². The molecule has 1 aliphatic carbocycles. The number of alkyl halides is 3. The maximum absolute atomic E-state index is 12.5. The maximum Gasteiger partial charge on any atom is 0.442 e. The van der Waals surface area contributed by atoms with Gasteiger partial charge >= 0.3 is 6.18 Å². The monoisotopic (exact) mass is 226 g/mol. The number of allylic oxidation sites excluding steroid dienone is 1. The molecule has 0 heterocycles. The predicted octanol–water partition coefficient (Wildman–Crippen LogP) is 2.60. The summed E-state index contributed by atoms with van der Waals surface area (Å²) in [5.41, 5.74) is -0.635. The van der Waals surface area contributed by atoms with Crippen molar-refractivity contribution < 1.29 is 27.1 Å². The van der Waals surface area contributed by atoms with Crippen LogP contribution in [0.5, 0.6) is 0 Å². The third kappa shape index (κ3) is 2.30. The smallest absolute Gasteiger partial charge is 0.442 e. The summed E-state index contributed by atoms with van der Waals surface area (Å²) in [4.78, 5) is 10.0. The van der Waals surface area contributed by atoms with E-state index in [2.05, 4.69) is 4.74 Å². The van der Waals surface area contributed by atoms with E-state index >= 15 is 0 Å². The van der Waals surface area contributed by atoms with Crippen LogP contribution in [0.4, 0.5) is 17.6 Å². The molecule has 1 fully saturated rings. The Balaban J connectivity index is 2.73. The molecular weight excluding hydrogens is 216 g/mol. The van der Waals surface area contributed by atoms with E-state index in [-0.39, 0.29) is 6.47 Å². The number of hydrogen-bond donors (Lipinski definition) is 0. The van der Waals surface area contributed by atoms with Crippen LogP contribution in [0.15, 0.2) is 11.9 Å². The first-order chi connectivity index (χ1) is 6.71. The fourth-order valence-corrected chi connectivity index (χ4v) is 1.50. The molecule has 0 saturated heterocycles. The summed E-state index contributed by atoms with van der Waals surface area (Å²) in [5.74, 6) is -2.86. The molecule has 0 aromatic carbocycles. The van der Waals surface area contributed by atoms with Crippen LogP contribution < -0.4 is 0 Å². The van der Waals surface area contributed by atoms with Crippen LogP contribution in [-0.2, 0) is 9.53 Å². The molecular formula is C9H10F4O2. The minimum absolute atomic E-state index is 0.158. The number of halogens is 4. The number of carbonyl (C=O) groups excluding carboxylic acids is 1. The molecule has 0 bridgehead atoms. The zero-order chi connectivity index (χ0) is 11.9. The maximum atomic E-state index is 12.5. The van der Waals surface area contributed by atoms with E-state index in [4.69, 9.17) is 0 Å². The molecule has 15 heavy (non-hydrogen) atoms. The lowest BCUT2D eigenvalue weighted by Gasteiger charge is -2.02. The Kier molecular flexibility index (Phi) is 2.80. The Labute approximate surface area is 83.9 Å². The molecule has 0 N–H and O–H groups in total. The molecule has 1 aliphatic rings. The topological polar surface area (TPSA) is 26.3 Å². The zero-order valence-corrected chi connectivity index (χ0v) is 8.14. The fourth-order valence-electron chi connectivity index (χ4n) is 1.50. The molecule has 2 atom stereocenters. The van der Waals surface area contributed by atoms with Gasteiger partial charge in [-0.15, -0.1) is 0 Å². The van der Waals surface area contributed by atoms with Gasteiger partial charge in [-0.1, -0.05) is 13.8 Å². The van der Waals surface area contributed by atoms with Crippen molar-refractivity contribution in [3.05, 3.63) is 11.9 Å². The SMILES string of the molecule is CC1(C)C(C=C(F)C(F)(F)F)C1OC=O. The van der Waals surface area contributed by atoms with Crippen molar-refractivity contribution in [2.45, 2.75) is 26.1 Å². The summed E-state index contributed by atoms with van der Waals surface area (Å²) in [6, 6.07) is 0. The summed E-state index contributed by atoms with van der Waals surface area (Å²) >= 11 is 0. The normalized spacial score (nSPS) is 29.9. The summed E-state index contributed by atoms with van der Waals surface area (Å²) < 4.78 is 52.6. The summed E-state index contributed by atoms with van der Waals surface area (Å²) in [6.07, 6.45) is -5.18. The van der Waals surface area contributed by atoms with Gasteiger partial charge in [-0.2, -0.15) is 13.2 Å². The predicted molar refractivity (Wildman–Crippen MR) is 43.5 cm³/mol. The van der Waals surface area contributed by atoms with Gasteiger partial charge in [0.05, 0.1) is 0 Å². The van der Waals surface area contributed by atoms with E-state index in [1.54, 1.807) is 13.8 Å². The summed E-state index contributed by atoms with van der Waals surface area (Å²) in [6.45, 7) is 3.36. The summed E-state index contributed by atoms with van der Waals surface area (Å²) in [5, 5.41) is 0. The number of hydrogen-bond acceptors (Lipinski definition) is 2. The molecule has 2 nitrogen and oxygen atoms in total. The van der Waals surface area contributed by atoms with Crippen molar-refractivity contribution in [2.75, 3.05) is 0 Å². The van der Waals surface area contributed by atoms with E-state index < -0.39 is 29.4 Å². The second-order valence-electron chi connectivity index (χ2n) is 4.01. The quantitative estimate of drug-likeness (QED) is 0.546. The number of carbonyl (C=O) groups is 1. The first kappa shape index (κ1) is 12.0. The lowest BCUT2D eigenvalue weighted by molar-refractivity contribution is -0.131. The van der Waals surface area contributed by atoms with Gasteiger partial charge in [-0.3, -0.25) is 4.79 Å². The van der Waals surface area contributed by atoms with Crippen molar-refractivity contribution in [2.24, 2.45) is 11.3 Å². The Morgan fingerprint density at radius 1 is 1.40 bits per heavy atom. The van der Waals surface area contributed by atoms with Gasteiger partial charge in [-0.25, -0.2) is 4.39 Å². The highest BCUT2D eigenvalue weighted by Gasteiger charge is 2.60. The van der Waals surface area contributed by atoms with E-state index in [0.717, 1.165) is 0 Å². The van der Waals surface area contributed by atoms with Crippen molar-refractivity contribution in [3.8, 4) is 0 Å². The Bertz CT molecular complexity index is 293. The first-order valence-electron chi connectivity index (χ1n) is 4.25. The molecule has 0 amide bonds. The van der Waals surface area contributed by atoms with Gasteiger partial charge in [0.15, 0.2) is 5.83 Å². The lowest BCUT2D eigenvalue weighted by atomic mass is 10.1. The molecule has 0 aromatic rings. The second-order valence-corrected chi connectivity index (χ2v) is 4.01. The molecule has 1 saturated carbocycles. The van der Waals surface area contributed by atoms with Crippen molar-refractivity contribution >= 4 is 6.47 Å². The highest BCUT2D eigenvalue weighted by Crippen LogP contribution is 2.55. The van der Waals surface area contributed by atoms with Gasteiger partial charge in [0.2, 0.25) is 0 Å². The largest absolute Gasteiger partial charge is 0.463 e. The van der Waals surface area contributed by atoms with Crippen molar-refractivity contribution in [1.82, 2.24) is 0 Å². The summed E-state index contributed by atoms with van der Waals surface area (Å²) in [7, 11) is 0. The van der Waals surface area contributed by atoms with Crippen LogP contribution in [0.2, 0.25) is 0 Å². The zero-order valence-electron chi connectivity index (χ0n) is 8.14. The van der Waals surface area contributed by atoms with Gasteiger partial charge in [0.1, 0.15) is 6.10 Å². The highest BCUT2D eigenvalue weighted by molar-refractivity contribution is 5.40. The second kappa shape index (κ2) is 3.50. The Morgan fingerprint density at radius 3 is 2.33 bits per heavy atom. The lowest BCUT2D eigenvalue weighted by Crippen LogP contribution is -2.08.